The van der Waals surface area contributed by atoms with Crippen LogP contribution in [0.3, 0.4) is 0 Å². The fourth-order valence-corrected chi connectivity index (χ4v) is 2.06. The number of nitrogens with zero attached hydrogens (tertiary/aromatic N) is 1. The average molecular weight is 309 g/mol. The first-order valence-corrected chi connectivity index (χ1v) is 6.16. The molecule has 0 atom stereocenters. The number of halogens is 1. The van der Waals surface area contributed by atoms with Crippen LogP contribution in [-0.2, 0) is 0 Å². The lowest BCUT2D eigenvalue weighted by atomic mass is 10.2. The van der Waals surface area contributed by atoms with Crippen molar-refractivity contribution in [2.75, 3.05) is 11.1 Å². The van der Waals surface area contributed by atoms with E-state index in [0.29, 0.717) is 21.4 Å². The highest BCUT2D eigenvalue weighted by molar-refractivity contribution is 9.10. The molecule has 0 bridgehead atoms. The van der Waals surface area contributed by atoms with E-state index in [1.807, 2.05) is 13.8 Å². The van der Waals surface area contributed by atoms with E-state index < -0.39 is 0 Å². The van der Waals surface area contributed by atoms with E-state index in [4.69, 9.17) is 5.73 Å². The molecule has 0 radical (unpaired) electrons. The Morgan fingerprint density at radius 1 is 1.44 bits per heavy atom. The molecule has 2 rings (SSSR count). The minimum Gasteiger partial charge on any atom is -0.399 e. The van der Waals surface area contributed by atoms with E-state index in [0.717, 1.165) is 11.4 Å². The van der Waals surface area contributed by atoms with E-state index in [1.54, 1.807) is 18.2 Å². The lowest BCUT2D eigenvalue weighted by Gasteiger charge is -2.07. The lowest BCUT2D eigenvalue weighted by Crippen LogP contribution is -2.14. The number of anilines is 2. The topological polar surface area (TPSA) is 83.8 Å². The Morgan fingerprint density at radius 2 is 2.17 bits per heavy atom. The van der Waals surface area contributed by atoms with Crippen molar-refractivity contribution in [2.24, 2.45) is 0 Å². The van der Waals surface area contributed by atoms with Gasteiger partial charge < -0.3 is 11.1 Å². The number of aryl methyl sites for hydroxylation is 2. The third kappa shape index (κ3) is 2.38. The molecule has 1 aromatic heterocycles. The Balaban J connectivity index is 2.30. The average Bonchev–Trinajstić information content (AvgIpc) is 2.64. The van der Waals surface area contributed by atoms with Crippen LogP contribution in [0.1, 0.15) is 21.7 Å². The molecule has 0 fully saturated rings. The Labute approximate surface area is 113 Å². The van der Waals surface area contributed by atoms with Crippen LogP contribution in [0.4, 0.5) is 11.4 Å². The minimum atomic E-state index is -0.221. The molecule has 2 aromatic rings. The molecule has 4 N–H and O–H groups in total. The van der Waals surface area contributed by atoms with Gasteiger partial charge in [0.05, 0.1) is 22.6 Å². The summed E-state index contributed by atoms with van der Waals surface area (Å²) in [6.07, 6.45) is 0. The predicted molar refractivity (Wildman–Crippen MR) is 74.6 cm³/mol. The molecule has 0 aliphatic rings. The van der Waals surface area contributed by atoms with Crippen LogP contribution in [0.5, 0.6) is 0 Å². The number of nitrogens with one attached hydrogen (secondary N) is 2. The Bertz CT molecular complexity index is 587. The zero-order valence-electron chi connectivity index (χ0n) is 10.0. The lowest BCUT2D eigenvalue weighted by molar-refractivity contribution is 0.102. The van der Waals surface area contributed by atoms with E-state index >= 15 is 0 Å². The Hall–Kier alpha value is -1.82. The summed E-state index contributed by atoms with van der Waals surface area (Å²) in [5, 5.41) is 9.67. The summed E-state index contributed by atoms with van der Waals surface area (Å²) >= 11 is 3.33. The van der Waals surface area contributed by atoms with Crippen LogP contribution >= 0.6 is 15.9 Å². The second-order valence-corrected chi connectivity index (χ2v) is 4.86. The summed E-state index contributed by atoms with van der Waals surface area (Å²) in [4.78, 5) is 12.2. The van der Waals surface area contributed by atoms with Gasteiger partial charge in [-0.15, -0.1) is 0 Å². The first-order valence-electron chi connectivity index (χ1n) is 5.37. The quantitative estimate of drug-likeness (QED) is 0.746. The predicted octanol–water partition coefficient (Wildman–Crippen LogP) is 2.62. The molecule has 5 nitrogen and oxygen atoms in total. The second-order valence-electron chi connectivity index (χ2n) is 4.00. The molecule has 0 saturated heterocycles. The maximum atomic E-state index is 12.2. The number of hydrogen-bond acceptors (Lipinski definition) is 3. The van der Waals surface area contributed by atoms with Crippen LogP contribution in [0.2, 0.25) is 0 Å². The van der Waals surface area contributed by atoms with Gasteiger partial charge in [0.2, 0.25) is 0 Å². The van der Waals surface area contributed by atoms with Crippen molar-refractivity contribution in [1.29, 1.82) is 0 Å². The first-order chi connectivity index (χ1) is 8.49. The van der Waals surface area contributed by atoms with Gasteiger partial charge in [0.25, 0.3) is 5.91 Å². The normalized spacial score (nSPS) is 10.4. The Morgan fingerprint density at radius 3 is 2.78 bits per heavy atom. The smallest absolute Gasteiger partial charge is 0.256 e. The van der Waals surface area contributed by atoms with E-state index in [2.05, 4.69) is 31.4 Å². The van der Waals surface area contributed by atoms with Gasteiger partial charge in [-0.25, -0.2) is 0 Å². The second kappa shape index (κ2) is 4.81. The third-order valence-electron chi connectivity index (χ3n) is 2.60. The number of aromatic nitrogens is 2. The summed E-state index contributed by atoms with van der Waals surface area (Å²) in [5.74, 6) is -0.221. The number of amides is 1. The summed E-state index contributed by atoms with van der Waals surface area (Å²) in [6.45, 7) is 3.68. The van der Waals surface area contributed by atoms with Crippen molar-refractivity contribution >= 4 is 33.2 Å². The van der Waals surface area contributed by atoms with E-state index in [9.17, 15) is 4.79 Å². The molecule has 1 aromatic carbocycles. The summed E-state index contributed by atoms with van der Waals surface area (Å²) in [7, 11) is 0. The van der Waals surface area contributed by atoms with Crippen LogP contribution < -0.4 is 11.1 Å². The maximum Gasteiger partial charge on any atom is 0.256 e. The zero-order chi connectivity index (χ0) is 13.3. The number of rotatable bonds is 2. The molecule has 0 aliphatic heterocycles. The zero-order valence-corrected chi connectivity index (χ0v) is 11.6. The summed E-state index contributed by atoms with van der Waals surface area (Å²) < 4.78 is 0.702. The van der Waals surface area contributed by atoms with Crippen molar-refractivity contribution in [1.82, 2.24) is 10.2 Å². The highest BCUT2D eigenvalue weighted by Gasteiger charge is 2.14. The fraction of sp³-hybridized carbons (Fsp3) is 0.167. The molecule has 0 unspecified atom stereocenters. The minimum absolute atomic E-state index is 0.221. The van der Waals surface area contributed by atoms with Crippen molar-refractivity contribution in [3.8, 4) is 0 Å². The number of benzene rings is 1. The van der Waals surface area contributed by atoms with Gasteiger partial charge in [-0.05, 0) is 48.0 Å². The largest absolute Gasteiger partial charge is 0.399 e. The number of H-pyrrole nitrogens is 1. The number of carbonyl (C=O) groups excluding carboxylic acids is 1. The molecule has 1 heterocycles. The van der Waals surface area contributed by atoms with Gasteiger partial charge in [0.1, 0.15) is 0 Å². The van der Waals surface area contributed by atoms with Gasteiger partial charge in [0, 0.05) is 10.2 Å². The molecule has 6 heteroatoms. The molecule has 0 saturated carbocycles. The van der Waals surface area contributed by atoms with Gasteiger partial charge in [0.15, 0.2) is 0 Å². The fourth-order valence-electron chi connectivity index (χ4n) is 1.63. The van der Waals surface area contributed by atoms with Crippen LogP contribution in [0.15, 0.2) is 22.7 Å². The van der Waals surface area contributed by atoms with Gasteiger partial charge in [-0.1, -0.05) is 0 Å². The van der Waals surface area contributed by atoms with Crippen LogP contribution in [0, 0.1) is 13.8 Å². The van der Waals surface area contributed by atoms with Gasteiger partial charge in [-0.3, -0.25) is 9.89 Å². The molecule has 94 valence electrons. The molecule has 0 spiro atoms. The first kappa shape index (κ1) is 12.6. The van der Waals surface area contributed by atoms with E-state index in [1.165, 1.54) is 0 Å². The van der Waals surface area contributed by atoms with Crippen molar-refractivity contribution < 1.29 is 4.79 Å². The number of nitrogens with two attached hydrogens (primary N) is 1. The number of aromatic amines is 1. The summed E-state index contributed by atoms with van der Waals surface area (Å²) in [5.41, 5.74) is 8.99. The standard InChI is InChI=1S/C12H13BrN4O/c1-6-11(7(2)17-16-6)15-12(18)9-5-8(14)3-4-10(9)13/h3-5H,14H2,1-2H3,(H,15,18)(H,16,17). The third-order valence-corrected chi connectivity index (χ3v) is 3.29. The molecular weight excluding hydrogens is 296 g/mol. The number of carbonyl (C=O) groups is 1. The Kier molecular flexibility index (Phi) is 3.38. The van der Waals surface area contributed by atoms with E-state index in [-0.39, 0.29) is 5.91 Å². The molecular formula is C12H13BrN4O. The van der Waals surface area contributed by atoms with Crippen molar-refractivity contribution in [3.63, 3.8) is 0 Å². The monoisotopic (exact) mass is 308 g/mol. The highest BCUT2D eigenvalue weighted by atomic mass is 79.9. The highest BCUT2D eigenvalue weighted by Crippen LogP contribution is 2.22. The van der Waals surface area contributed by atoms with Gasteiger partial charge in [-0.2, -0.15) is 5.10 Å². The van der Waals surface area contributed by atoms with Crippen LogP contribution in [-0.4, -0.2) is 16.1 Å². The maximum absolute atomic E-state index is 12.2. The molecule has 1 amide bonds. The van der Waals surface area contributed by atoms with Crippen LogP contribution in [0.25, 0.3) is 0 Å². The molecule has 0 aliphatic carbocycles. The van der Waals surface area contributed by atoms with Gasteiger partial charge >= 0.3 is 0 Å². The SMILES string of the molecule is Cc1n[nH]c(C)c1NC(=O)c1cc(N)ccc1Br. The van der Waals surface area contributed by atoms with Crippen molar-refractivity contribution in [3.05, 3.63) is 39.6 Å². The summed E-state index contributed by atoms with van der Waals surface area (Å²) in [6, 6.07) is 5.11. The molecule has 18 heavy (non-hydrogen) atoms. The number of nitrogen functional groups attached to an aromatic ring is 1. The van der Waals surface area contributed by atoms with Crippen molar-refractivity contribution in [2.45, 2.75) is 13.8 Å². The number of hydrogen-bond donors (Lipinski definition) is 3.